The van der Waals surface area contributed by atoms with Crippen LogP contribution in [-0.4, -0.2) is 81.9 Å². The van der Waals surface area contributed by atoms with Crippen LogP contribution < -0.4 is 9.44 Å². The lowest BCUT2D eigenvalue weighted by Crippen LogP contribution is -2.55. The number of aromatic nitrogens is 1. The third-order valence-electron chi connectivity index (χ3n) is 6.61. The highest BCUT2D eigenvalue weighted by Gasteiger charge is 2.36. The molecule has 2 fully saturated rings. The minimum Gasteiger partial charge on any atom is -0.360 e. The molecule has 2 aromatic heterocycles. The van der Waals surface area contributed by atoms with Crippen LogP contribution in [-0.2, 0) is 29.6 Å². The van der Waals surface area contributed by atoms with Crippen LogP contribution in [0.2, 0.25) is 4.34 Å². The molecule has 0 spiro atoms. The van der Waals surface area contributed by atoms with Gasteiger partial charge in [0.05, 0.1) is 10.9 Å². The van der Waals surface area contributed by atoms with E-state index >= 15 is 0 Å². The molecule has 2 saturated heterocycles. The summed E-state index contributed by atoms with van der Waals surface area (Å²) in [5, 5.41) is 4.67. The fraction of sp³-hybridized carbons (Fsp3) is 0.522. The van der Waals surface area contributed by atoms with Crippen LogP contribution in [0.1, 0.15) is 42.0 Å². The number of rotatable bonds is 10. The Kier molecular flexibility index (Phi) is 9.18. The Morgan fingerprint density at radius 1 is 1.21 bits per heavy atom. The largest absolute Gasteiger partial charge is 0.360 e. The van der Waals surface area contributed by atoms with E-state index in [1.165, 1.54) is 36.2 Å². The van der Waals surface area contributed by atoms with Crippen molar-refractivity contribution in [3.8, 4) is 0 Å². The zero-order valence-electron chi connectivity index (χ0n) is 21.4. The lowest BCUT2D eigenvalue weighted by molar-refractivity contribution is -0.143. The summed E-state index contributed by atoms with van der Waals surface area (Å²) >= 11 is 7.09. The van der Waals surface area contributed by atoms with Crippen molar-refractivity contribution in [3.05, 3.63) is 38.2 Å². The second-order valence-corrected chi connectivity index (χ2v) is 14.5. The smallest absolute Gasteiger partial charge is 0.246 e. The van der Waals surface area contributed by atoms with E-state index in [-0.39, 0.29) is 41.4 Å². The third kappa shape index (κ3) is 7.27. The van der Waals surface area contributed by atoms with Crippen molar-refractivity contribution in [1.82, 2.24) is 24.4 Å². The molecule has 4 rings (SSSR count). The number of amides is 2. The van der Waals surface area contributed by atoms with Gasteiger partial charge in [-0.2, -0.15) is 4.72 Å². The number of nitrogens with zero attached hydrogens (tertiary/aromatic N) is 3. The van der Waals surface area contributed by atoms with Crippen molar-refractivity contribution >= 4 is 60.9 Å². The van der Waals surface area contributed by atoms with Gasteiger partial charge in [-0.05, 0) is 57.7 Å². The van der Waals surface area contributed by atoms with Crippen LogP contribution in [0.25, 0.3) is 6.08 Å². The van der Waals surface area contributed by atoms with Crippen molar-refractivity contribution in [2.45, 2.75) is 56.5 Å². The van der Waals surface area contributed by atoms with Crippen LogP contribution in [0.15, 0.2) is 27.0 Å². The summed E-state index contributed by atoms with van der Waals surface area (Å²) in [4.78, 5) is 29.8. The standard InChI is InChI=1S/C23H30ClN5O7S3/c1-15-22(16(2)36-26-15)39(34,35)25-13-17-5-3-11-29(17)21(30)14-28-10-4-6-19(23(28)31)27-38(32,33)12-9-18-7-8-20(24)37-18/h7-9,12,17,19,25,27H,3-6,10-11,13-14H2,1-2H3/t17-,19-/m0/s1. The maximum absolute atomic E-state index is 13.2. The molecule has 2 atom stereocenters. The van der Waals surface area contributed by atoms with E-state index < -0.39 is 32.0 Å². The summed E-state index contributed by atoms with van der Waals surface area (Å²) in [5.74, 6) is -0.611. The molecular formula is C23H30ClN5O7S3. The number of nitrogens with one attached hydrogen (secondary N) is 2. The molecule has 16 heteroatoms. The Morgan fingerprint density at radius 3 is 2.62 bits per heavy atom. The van der Waals surface area contributed by atoms with Crippen LogP contribution in [0.4, 0.5) is 0 Å². The average Bonchev–Trinajstić information content (AvgIpc) is 3.59. The molecule has 0 unspecified atom stereocenters. The molecule has 2 aliphatic heterocycles. The number of thiophene rings is 1. The molecule has 0 aliphatic carbocycles. The molecule has 4 heterocycles. The number of hydrogen-bond acceptors (Lipinski definition) is 9. The molecule has 39 heavy (non-hydrogen) atoms. The van der Waals surface area contributed by atoms with Gasteiger partial charge in [0.2, 0.25) is 31.9 Å². The van der Waals surface area contributed by atoms with Gasteiger partial charge in [0, 0.05) is 36.0 Å². The Balaban J connectivity index is 1.34. The summed E-state index contributed by atoms with van der Waals surface area (Å²) in [6, 6.07) is 1.98. The van der Waals surface area contributed by atoms with Gasteiger partial charge in [-0.1, -0.05) is 16.8 Å². The quantitative estimate of drug-likeness (QED) is 0.408. The van der Waals surface area contributed by atoms with E-state index in [1.807, 2.05) is 0 Å². The Labute approximate surface area is 236 Å². The maximum atomic E-state index is 13.2. The first-order valence-corrected chi connectivity index (χ1v) is 16.6. The average molecular weight is 620 g/mol. The van der Waals surface area contributed by atoms with Crippen LogP contribution in [0.3, 0.4) is 0 Å². The first-order chi connectivity index (χ1) is 18.4. The molecule has 2 amide bonds. The van der Waals surface area contributed by atoms with Gasteiger partial charge in [0.25, 0.3) is 0 Å². The van der Waals surface area contributed by atoms with E-state index in [9.17, 15) is 26.4 Å². The number of sulfonamides is 2. The van der Waals surface area contributed by atoms with Crippen molar-refractivity contribution in [1.29, 1.82) is 0 Å². The molecule has 214 valence electrons. The first-order valence-electron chi connectivity index (χ1n) is 12.3. The van der Waals surface area contributed by atoms with Gasteiger partial charge in [0.15, 0.2) is 5.76 Å². The van der Waals surface area contributed by atoms with E-state index in [1.54, 1.807) is 17.0 Å². The second-order valence-electron chi connectivity index (χ2n) is 9.45. The zero-order valence-corrected chi connectivity index (χ0v) is 24.6. The first kappa shape index (κ1) is 29.7. The highest BCUT2D eigenvalue weighted by Crippen LogP contribution is 2.24. The minimum atomic E-state index is -3.91. The van der Waals surface area contributed by atoms with E-state index in [2.05, 4.69) is 14.6 Å². The molecule has 0 radical (unpaired) electrons. The number of carbonyl (C=O) groups excluding carboxylic acids is 2. The summed E-state index contributed by atoms with van der Waals surface area (Å²) in [6.45, 7) is 3.61. The third-order valence-corrected chi connectivity index (χ3v) is 10.6. The van der Waals surface area contributed by atoms with Crippen molar-refractivity contribution in [3.63, 3.8) is 0 Å². The molecule has 0 bridgehead atoms. The van der Waals surface area contributed by atoms with Crippen molar-refractivity contribution < 1.29 is 30.9 Å². The number of hydrogen-bond donors (Lipinski definition) is 2. The summed E-state index contributed by atoms with van der Waals surface area (Å²) in [5.41, 5.74) is 0.250. The number of carbonyl (C=O) groups is 2. The van der Waals surface area contributed by atoms with Crippen LogP contribution in [0, 0.1) is 13.8 Å². The fourth-order valence-corrected chi connectivity index (χ4v) is 8.25. The maximum Gasteiger partial charge on any atom is 0.246 e. The molecule has 2 aliphatic rings. The number of halogens is 1. The molecule has 2 N–H and O–H groups in total. The van der Waals surface area contributed by atoms with Crippen LogP contribution in [0.5, 0.6) is 0 Å². The van der Waals surface area contributed by atoms with Gasteiger partial charge in [-0.25, -0.2) is 21.6 Å². The normalized spacial score (nSPS) is 20.8. The molecular weight excluding hydrogens is 590 g/mol. The summed E-state index contributed by atoms with van der Waals surface area (Å²) < 4.78 is 61.1. The number of piperidine rings is 1. The Bertz CT molecular complexity index is 1450. The predicted molar refractivity (Wildman–Crippen MR) is 146 cm³/mol. The Morgan fingerprint density at radius 2 is 1.95 bits per heavy atom. The fourth-order valence-electron chi connectivity index (χ4n) is 4.79. The number of likely N-dealkylation sites (tertiary alicyclic amines) is 2. The number of aryl methyl sites for hydroxylation is 2. The Hall–Kier alpha value is -2.30. The van der Waals surface area contributed by atoms with Gasteiger partial charge in [-0.3, -0.25) is 9.59 Å². The lowest BCUT2D eigenvalue weighted by Gasteiger charge is -2.34. The lowest BCUT2D eigenvalue weighted by atomic mass is 10.1. The van der Waals surface area contributed by atoms with Gasteiger partial charge in [-0.15, -0.1) is 11.3 Å². The summed E-state index contributed by atoms with van der Waals surface area (Å²) in [7, 11) is -7.79. The molecule has 2 aromatic rings. The minimum absolute atomic E-state index is 0.0102. The highest BCUT2D eigenvalue weighted by molar-refractivity contribution is 7.92. The predicted octanol–water partition coefficient (Wildman–Crippen LogP) is 1.86. The van der Waals surface area contributed by atoms with Crippen LogP contribution >= 0.6 is 22.9 Å². The van der Waals surface area contributed by atoms with E-state index in [4.69, 9.17) is 16.1 Å². The molecule has 12 nitrogen and oxygen atoms in total. The SMILES string of the molecule is Cc1noc(C)c1S(=O)(=O)NC[C@@H]1CCCN1C(=O)CN1CCC[C@H](NS(=O)(=O)C=Cc2ccc(Cl)s2)C1=O. The zero-order chi connectivity index (χ0) is 28.4. The highest BCUT2D eigenvalue weighted by atomic mass is 35.5. The van der Waals surface area contributed by atoms with Crippen molar-refractivity contribution in [2.75, 3.05) is 26.2 Å². The van der Waals surface area contributed by atoms with Crippen molar-refractivity contribution in [2.24, 2.45) is 0 Å². The van der Waals surface area contributed by atoms with Gasteiger partial charge in [0.1, 0.15) is 16.6 Å². The van der Waals surface area contributed by atoms with Gasteiger partial charge < -0.3 is 14.3 Å². The molecule has 0 saturated carbocycles. The second kappa shape index (κ2) is 12.1. The topological polar surface area (TPSA) is 159 Å². The van der Waals surface area contributed by atoms with E-state index in [0.29, 0.717) is 48.0 Å². The molecule has 0 aromatic carbocycles. The van der Waals surface area contributed by atoms with E-state index in [0.717, 1.165) is 5.41 Å². The summed E-state index contributed by atoms with van der Waals surface area (Å²) in [6.07, 6.45) is 3.55. The van der Waals surface area contributed by atoms with Gasteiger partial charge >= 0.3 is 0 Å². The monoisotopic (exact) mass is 619 g/mol.